The van der Waals surface area contributed by atoms with Gasteiger partial charge in [0.15, 0.2) is 0 Å². The SMILES string of the molecule is CC1CSCCN1C(=O)N1C(C(=O)O)CSC1C1CC1. The van der Waals surface area contributed by atoms with Gasteiger partial charge in [0.25, 0.3) is 0 Å². The quantitative estimate of drug-likeness (QED) is 0.841. The Bertz CT molecular complexity index is 416. The minimum absolute atomic E-state index is 0.0629. The lowest BCUT2D eigenvalue weighted by atomic mass is 10.2. The van der Waals surface area contributed by atoms with E-state index in [1.165, 1.54) is 0 Å². The van der Waals surface area contributed by atoms with Crippen LogP contribution in [0.3, 0.4) is 0 Å². The van der Waals surface area contributed by atoms with E-state index in [0.29, 0.717) is 11.7 Å². The van der Waals surface area contributed by atoms with Crippen LogP contribution in [0.5, 0.6) is 0 Å². The third-order valence-electron chi connectivity index (χ3n) is 4.18. The van der Waals surface area contributed by atoms with Gasteiger partial charge in [-0.15, -0.1) is 11.8 Å². The highest BCUT2D eigenvalue weighted by molar-refractivity contribution is 8.00. The van der Waals surface area contributed by atoms with Crippen molar-refractivity contribution in [2.24, 2.45) is 5.92 Å². The van der Waals surface area contributed by atoms with Crippen LogP contribution in [-0.4, -0.2) is 68.2 Å². The van der Waals surface area contributed by atoms with E-state index in [2.05, 4.69) is 6.92 Å². The second kappa shape index (κ2) is 5.67. The van der Waals surface area contributed by atoms with Crippen molar-refractivity contribution >= 4 is 35.5 Å². The normalized spacial score (nSPS) is 34.4. The molecule has 20 heavy (non-hydrogen) atoms. The molecule has 2 amide bonds. The summed E-state index contributed by atoms with van der Waals surface area (Å²) in [5.74, 6) is 2.05. The first-order chi connectivity index (χ1) is 9.59. The summed E-state index contributed by atoms with van der Waals surface area (Å²) < 4.78 is 0. The highest BCUT2D eigenvalue weighted by Crippen LogP contribution is 2.46. The standard InChI is InChI=1S/C13H20N2O3S2/c1-8-6-19-5-4-14(8)13(18)15-10(12(16)17)7-20-11(15)9-2-3-9/h8-11H,2-7H2,1H3,(H,16,17). The van der Waals surface area contributed by atoms with E-state index in [4.69, 9.17) is 0 Å². The van der Waals surface area contributed by atoms with Crippen molar-refractivity contribution in [3.8, 4) is 0 Å². The molecule has 0 radical (unpaired) electrons. The molecule has 2 heterocycles. The van der Waals surface area contributed by atoms with Crippen molar-refractivity contribution in [1.82, 2.24) is 9.80 Å². The van der Waals surface area contributed by atoms with E-state index in [1.54, 1.807) is 16.7 Å². The van der Waals surface area contributed by atoms with Crippen LogP contribution in [-0.2, 0) is 4.79 Å². The van der Waals surface area contributed by atoms with Crippen molar-refractivity contribution in [2.45, 2.75) is 37.2 Å². The summed E-state index contributed by atoms with van der Waals surface area (Å²) in [5.41, 5.74) is 0. The number of carboxylic acids is 1. The minimum Gasteiger partial charge on any atom is -0.480 e. The van der Waals surface area contributed by atoms with Crippen LogP contribution in [0.25, 0.3) is 0 Å². The van der Waals surface area contributed by atoms with Gasteiger partial charge in [-0.1, -0.05) is 0 Å². The summed E-state index contributed by atoms with van der Waals surface area (Å²) in [6.07, 6.45) is 2.25. The number of hydrogen-bond acceptors (Lipinski definition) is 4. The first-order valence-corrected chi connectivity index (χ1v) is 9.31. The maximum atomic E-state index is 12.8. The van der Waals surface area contributed by atoms with Crippen LogP contribution in [0.1, 0.15) is 19.8 Å². The number of amides is 2. The van der Waals surface area contributed by atoms with Crippen LogP contribution in [0, 0.1) is 5.92 Å². The van der Waals surface area contributed by atoms with Crippen LogP contribution in [0.4, 0.5) is 4.79 Å². The van der Waals surface area contributed by atoms with Crippen molar-refractivity contribution in [1.29, 1.82) is 0 Å². The number of rotatable bonds is 2. The van der Waals surface area contributed by atoms with Gasteiger partial charge in [0, 0.05) is 29.8 Å². The van der Waals surface area contributed by atoms with Crippen molar-refractivity contribution in [3.05, 3.63) is 0 Å². The number of hydrogen-bond donors (Lipinski definition) is 1. The van der Waals surface area contributed by atoms with Crippen LogP contribution in [0.2, 0.25) is 0 Å². The van der Waals surface area contributed by atoms with E-state index in [1.807, 2.05) is 16.7 Å². The van der Waals surface area contributed by atoms with E-state index >= 15 is 0 Å². The minimum atomic E-state index is -0.868. The maximum Gasteiger partial charge on any atom is 0.327 e. The number of carbonyl (C=O) groups is 2. The lowest BCUT2D eigenvalue weighted by Gasteiger charge is -2.38. The molecule has 0 spiro atoms. The molecule has 0 bridgehead atoms. The average Bonchev–Trinajstić information content (AvgIpc) is 3.17. The lowest BCUT2D eigenvalue weighted by Crippen LogP contribution is -2.56. The Balaban J connectivity index is 1.79. The number of carboxylic acid groups (broad SMARTS) is 1. The third kappa shape index (κ3) is 2.62. The number of carbonyl (C=O) groups excluding carboxylic acids is 1. The monoisotopic (exact) mass is 316 g/mol. The maximum absolute atomic E-state index is 12.8. The Hall–Kier alpha value is -0.560. The molecule has 0 aromatic rings. The van der Waals surface area contributed by atoms with Gasteiger partial charge in [0.2, 0.25) is 0 Å². The fraction of sp³-hybridized carbons (Fsp3) is 0.846. The predicted octanol–water partition coefficient (Wildman–Crippen LogP) is 1.78. The van der Waals surface area contributed by atoms with E-state index in [0.717, 1.165) is 30.9 Å². The molecule has 0 aromatic carbocycles. The summed E-state index contributed by atoms with van der Waals surface area (Å²) >= 11 is 3.50. The largest absolute Gasteiger partial charge is 0.480 e. The van der Waals surface area contributed by atoms with Crippen molar-refractivity contribution in [2.75, 3.05) is 23.8 Å². The molecular weight excluding hydrogens is 296 g/mol. The van der Waals surface area contributed by atoms with Gasteiger partial charge in [-0.05, 0) is 25.7 Å². The lowest BCUT2D eigenvalue weighted by molar-refractivity contribution is -0.141. The van der Waals surface area contributed by atoms with Gasteiger partial charge in [0.05, 0.1) is 5.37 Å². The number of nitrogens with zero attached hydrogens (tertiary/aromatic N) is 2. The second-order valence-electron chi connectivity index (χ2n) is 5.72. The van der Waals surface area contributed by atoms with Crippen molar-refractivity contribution in [3.63, 3.8) is 0 Å². The molecule has 3 unspecified atom stereocenters. The number of urea groups is 1. The second-order valence-corrected chi connectivity index (χ2v) is 8.02. The van der Waals surface area contributed by atoms with E-state index in [9.17, 15) is 14.7 Å². The molecule has 112 valence electrons. The Morgan fingerprint density at radius 3 is 2.60 bits per heavy atom. The molecule has 1 saturated carbocycles. The van der Waals surface area contributed by atoms with Crippen molar-refractivity contribution < 1.29 is 14.7 Å². The highest BCUT2D eigenvalue weighted by atomic mass is 32.2. The summed E-state index contributed by atoms with van der Waals surface area (Å²) in [4.78, 5) is 27.8. The predicted molar refractivity (Wildman–Crippen MR) is 81.1 cm³/mol. The summed E-state index contributed by atoms with van der Waals surface area (Å²) in [6.45, 7) is 2.78. The van der Waals surface area contributed by atoms with Gasteiger partial charge in [0.1, 0.15) is 6.04 Å². The highest BCUT2D eigenvalue weighted by Gasteiger charge is 2.49. The first-order valence-electron chi connectivity index (χ1n) is 7.10. The number of thioether (sulfide) groups is 2. The molecule has 2 aliphatic heterocycles. The van der Waals surface area contributed by atoms with Crippen LogP contribution < -0.4 is 0 Å². The van der Waals surface area contributed by atoms with E-state index < -0.39 is 12.0 Å². The molecular formula is C13H20N2O3S2. The Morgan fingerprint density at radius 1 is 1.25 bits per heavy atom. The van der Waals surface area contributed by atoms with Crippen LogP contribution in [0.15, 0.2) is 0 Å². The zero-order valence-electron chi connectivity index (χ0n) is 11.5. The third-order valence-corrected chi connectivity index (χ3v) is 6.83. The molecule has 3 aliphatic rings. The zero-order valence-corrected chi connectivity index (χ0v) is 13.2. The fourth-order valence-electron chi connectivity index (χ4n) is 2.86. The smallest absolute Gasteiger partial charge is 0.327 e. The van der Waals surface area contributed by atoms with Gasteiger partial charge in [-0.25, -0.2) is 9.59 Å². The summed E-state index contributed by atoms with van der Waals surface area (Å²) in [6, 6.07) is -0.520. The molecule has 3 fully saturated rings. The van der Waals surface area contributed by atoms with Gasteiger partial charge in [-0.3, -0.25) is 4.90 Å². The van der Waals surface area contributed by atoms with Gasteiger partial charge in [-0.2, -0.15) is 11.8 Å². The molecule has 3 rings (SSSR count). The average molecular weight is 316 g/mol. The Kier molecular flexibility index (Phi) is 4.08. The molecule has 5 nitrogen and oxygen atoms in total. The Labute approximate surface area is 127 Å². The topological polar surface area (TPSA) is 60.9 Å². The van der Waals surface area contributed by atoms with Gasteiger partial charge < -0.3 is 10.0 Å². The molecule has 3 atom stereocenters. The summed E-state index contributed by atoms with van der Waals surface area (Å²) in [7, 11) is 0. The molecule has 1 aliphatic carbocycles. The zero-order chi connectivity index (χ0) is 14.3. The summed E-state index contributed by atoms with van der Waals surface area (Å²) in [5, 5.41) is 9.46. The molecule has 1 N–H and O–H groups in total. The number of aliphatic carboxylic acids is 1. The van der Waals surface area contributed by atoms with Gasteiger partial charge >= 0.3 is 12.0 Å². The molecule has 7 heteroatoms. The molecule has 2 saturated heterocycles. The van der Waals surface area contributed by atoms with Crippen LogP contribution >= 0.6 is 23.5 Å². The molecule has 0 aromatic heterocycles. The Morgan fingerprint density at radius 2 is 2.00 bits per heavy atom. The van der Waals surface area contributed by atoms with E-state index in [-0.39, 0.29) is 17.4 Å². The first kappa shape index (κ1) is 14.4. The fourth-order valence-corrected chi connectivity index (χ4v) is 5.50.